The fourth-order valence-corrected chi connectivity index (χ4v) is 2.49. The predicted octanol–water partition coefficient (Wildman–Crippen LogP) is 1.32. The molecular weight excluding hydrogens is 280 g/mol. The van der Waals surface area contributed by atoms with Crippen molar-refractivity contribution in [1.82, 2.24) is 19.4 Å². The number of hydrogen-bond donors (Lipinski definition) is 0. The number of rotatable bonds is 5. The topological polar surface area (TPSA) is 58.4 Å². The second-order valence-electron chi connectivity index (χ2n) is 5.70. The van der Waals surface area contributed by atoms with Crippen LogP contribution in [0.25, 0.3) is 0 Å². The third kappa shape index (κ3) is 3.44. The quantitative estimate of drug-likeness (QED) is 0.608. The molecule has 0 aliphatic carbocycles. The predicted molar refractivity (Wildman–Crippen MR) is 84.6 cm³/mol. The van der Waals surface area contributed by atoms with E-state index in [1.54, 1.807) is 17.2 Å². The minimum absolute atomic E-state index is 0.00465. The molecule has 1 aliphatic rings. The number of likely N-dealkylation sites (N-methyl/N-ethyl adjacent to an activating group) is 1. The Kier molecular flexibility index (Phi) is 5.13. The van der Waals surface area contributed by atoms with E-state index < -0.39 is 0 Å². The van der Waals surface area contributed by atoms with Crippen LogP contribution in [0.3, 0.4) is 0 Å². The van der Waals surface area contributed by atoms with Crippen LogP contribution in [-0.4, -0.2) is 57.2 Å². The molecule has 0 N–H and O–H groups in total. The van der Waals surface area contributed by atoms with Gasteiger partial charge < -0.3 is 14.4 Å². The monoisotopic (exact) mass is 304 g/mol. The van der Waals surface area contributed by atoms with Crippen LogP contribution in [0.1, 0.15) is 37.1 Å². The number of imidazole rings is 1. The molecule has 0 spiro atoms. The van der Waals surface area contributed by atoms with Gasteiger partial charge >= 0.3 is 0 Å². The first-order chi connectivity index (χ1) is 10.4. The minimum Gasteiger partial charge on any atom is -0.330 e. The zero-order chi connectivity index (χ0) is 16.3. The van der Waals surface area contributed by atoms with Crippen LogP contribution >= 0.6 is 0 Å². The highest BCUT2D eigenvalue weighted by molar-refractivity contribution is 5.92. The molecular formula is C16H24N4O2. The number of Topliss-reactive ketones (excluding diaryl/α,β-unsaturated/α-hetero) is 1. The zero-order valence-electron chi connectivity index (χ0n) is 13.7. The van der Waals surface area contributed by atoms with Gasteiger partial charge in [-0.05, 0) is 20.5 Å². The Morgan fingerprint density at radius 2 is 2.18 bits per heavy atom. The fraction of sp³-hybridized carbons (Fsp3) is 0.562. The summed E-state index contributed by atoms with van der Waals surface area (Å²) in [6.45, 7) is 8.30. The van der Waals surface area contributed by atoms with E-state index in [1.165, 1.54) is 6.92 Å². The Labute approximate surface area is 131 Å². The van der Waals surface area contributed by atoms with Crippen LogP contribution < -0.4 is 0 Å². The lowest BCUT2D eigenvalue weighted by Crippen LogP contribution is -2.38. The first kappa shape index (κ1) is 16.4. The summed E-state index contributed by atoms with van der Waals surface area (Å²) in [5.74, 6) is 0.779. The number of amides is 1. The molecule has 0 saturated heterocycles. The Balaban J connectivity index is 2.02. The lowest BCUT2D eigenvalue weighted by atomic mass is 10.2. The average Bonchev–Trinajstić information content (AvgIpc) is 2.94. The average molecular weight is 304 g/mol. The molecule has 6 heteroatoms. The molecule has 1 aliphatic heterocycles. The SMILES string of the molecule is CCN(C)C(C)/C=C/C(=O)N1CCn2c(C(C)=O)cnc2C1. The Morgan fingerprint density at radius 3 is 2.82 bits per heavy atom. The summed E-state index contributed by atoms with van der Waals surface area (Å²) in [5.41, 5.74) is 0.621. The van der Waals surface area contributed by atoms with E-state index in [9.17, 15) is 9.59 Å². The van der Waals surface area contributed by atoms with E-state index in [0.29, 0.717) is 25.3 Å². The lowest BCUT2D eigenvalue weighted by Gasteiger charge is -2.27. The van der Waals surface area contributed by atoms with Gasteiger partial charge in [-0.25, -0.2) is 4.98 Å². The van der Waals surface area contributed by atoms with Gasteiger partial charge in [0.05, 0.1) is 12.7 Å². The molecule has 2 heterocycles. The van der Waals surface area contributed by atoms with Crippen LogP contribution in [0.15, 0.2) is 18.3 Å². The molecule has 1 unspecified atom stereocenters. The Hall–Kier alpha value is -1.95. The van der Waals surface area contributed by atoms with Crippen molar-refractivity contribution in [1.29, 1.82) is 0 Å². The normalized spacial score (nSPS) is 16.1. The number of fused-ring (bicyclic) bond motifs is 1. The number of carbonyl (C=O) groups is 2. The van der Waals surface area contributed by atoms with Crippen LogP contribution in [-0.2, 0) is 17.9 Å². The number of ketones is 1. The second-order valence-corrected chi connectivity index (χ2v) is 5.70. The molecule has 0 saturated carbocycles. The summed E-state index contributed by atoms with van der Waals surface area (Å²) in [7, 11) is 2.03. The highest BCUT2D eigenvalue weighted by Crippen LogP contribution is 2.15. The third-order valence-electron chi connectivity index (χ3n) is 4.25. The van der Waals surface area contributed by atoms with Gasteiger partial charge in [-0.3, -0.25) is 9.59 Å². The van der Waals surface area contributed by atoms with Crippen molar-refractivity contribution < 1.29 is 9.59 Å². The third-order valence-corrected chi connectivity index (χ3v) is 4.25. The molecule has 0 bridgehead atoms. The van der Waals surface area contributed by atoms with Gasteiger partial charge in [0, 0.05) is 32.1 Å². The maximum Gasteiger partial charge on any atom is 0.246 e. The van der Waals surface area contributed by atoms with Gasteiger partial charge in [0.1, 0.15) is 11.5 Å². The van der Waals surface area contributed by atoms with Crippen LogP contribution in [0.4, 0.5) is 0 Å². The first-order valence-electron chi connectivity index (χ1n) is 7.66. The van der Waals surface area contributed by atoms with Gasteiger partial charge in [-0.15, -0.1) is 0 Å². The number of hydrogen-bond acceptors (Lipinski definition) is 4. The number of nitrogens with zero attached hydrogens (tertiary/aromatic N) is 4. The van der Waals surface area contributed by atoms with E-state index >= 15 is 0 Å². The van der Waals surface area contributed by atoms with Crippen LogP contribution in [0, 0.1) is 0 Å². The highest BCUT2D eigenvalue weighted by Gasteiger charge is 2.23. The van der Waals surface area contributed by atoms with Crippen molar-refractivity contribution in [2.75, 3.05) is 20.1 Å². The van der Waals surface area contributed by atoms with E-state index in [2.05, 4.69) is 23.7 Å². The van der Waals surface area contributed by atoms with Crippen molar-refractivity contribution in [2.24, 2.45) is 0 Å². The summed E-state index contributed by atoms with van der Waals surface area (Å²) in [6.07, 6.45) is 5.16. The molecule has 120 valence electrons. The van der Waals surface area contributed by atoms with Crippen molar-refractivity contribution >= 4 is 11.7 Å². The van der Waals surface area contributed by atoms with Crippen molar-refractivity contribution in [3.05, 3.63) is 29.9 Å². The molecule has 22 heavy (non-hydrogen) atoms. The van der Waals surface area contributed by atoms with E-state index in [-0.39, 0.29) is 17.7 Å². The van der Waals surface area contributed by atoms with E-state index in [1.807, 2.05) is 17.7 Å². The van der Waals surface area contributed by atoms with E-state index in [0.717, 1.165) is 12.4 Å². The van der Waals surface area contributed by atoms with Gasteiger partial charge in [-0.1, -0.05) is 13.0 Å². The summed E-state index contributed by atoms with van der Waals surface area (Å²) in [5, 5.41) is 0. The summed E-state index contributed by atoms with van der Waals surface area (Å²) in [4.78, 5) is 32.0. The van der Waals surface area contributed by atoms with Crippen molar-refractivity contribution in [3.8, 4) is 0 Å². The highest BCUT2D eigenvalue weighted by atomic mass is 16.2. The standard InChI is InChI=1S/C16H24N4O2/c1-5-18(4)12(2)6-7-16(22)19-8-9-20-14(13(3)21)10-17-15(20)11-19/h6-7,10,12H,5,8-9,11H2,1-4H3/b7-6+. The Bertz CT molecular complexity index is 591. The van der Waals surface area contributed by atoms with Gasteiger partial charge in [0.15, 0.2) is 5.78 Å². The number of aromatic nitrogens is 2. The largest absolute Gasteiger partial charge is 0.330 e. The second kappa shape index (κ2) is 6.87. The molecule has 1 aromatic heterocycles. The van der Waals surface area contributed by atoms with Crippen molar-refractivity contribution in [3.63, 3.8) is 0 Å². The van der Waals surface area contributed by atoms with Crippen LogP contribution in [0.5, 0.6) is 0 Å². The molecule has 2 rings (SSSR count). The molecule has 6 nitrogen and oxygen atoms in total. The van der Waals surface area contributed by atoms with Crippen LogP contribution in [0.2, 0.25) is 0 Å². The first-order valence-corrected chi connectivity index (χ1v) is 7.66. The molecule has 1 atom stereocenters. The van der Waals surface area contributed by atoms with Gasteiger partial charge in [-0.2, -0.15) is 0 Å². The lowest BCUT2D eigenvalue weighted by molar-refractivity contribution is -0.127. The number of carbonyl (C=O) groups excluding carboxylic acids is 2. The molecule has 1 amide bonds. The summed E-state index contributed by atoms with van der Waals surface area (Å²) in [6, 6.07) is 0.227. The zero-order valence-corrected chi connectivity index (χ0v) is 13.7. The molecule has 0 radical (unpaired) electrons. The Morgan fingerprint density at radius 1 is 1.45 bits per heavy atom. The molecule has 0 fully saturated rings. The molecule has 0 aromatic carbocycles. The fourth-order valence-electron chi connectivity index (χ4n) is 2.49. The maximum atomic E-state index is 12.3. The smallest absolute Gasteiger partial charge is 0.246 e. The minimum atomic E-state index is -0.00465. The molecule has 1 aromatic rings. The summed E-state index contributed by atoms with van der Waals surface area (Å²) >= 11 is 0. The van der Waals surface area contributed by atoms with E-state index in [4.69, 9.17) is 0 Å². The van der Waals surface area contributed by atoms with Gasteiger partial charge in [0.2, 0.25) is 5.91 Å². The summed E-state index contributed by atoms with van der Waals surface area (Å²) < 4.78 is 1.91. The van der Waals surface area contributed by atoms with Crippen molar-refractivity contribution in [2.45, 2.75) is 39.9 Å². The van der Waals surface area contributed by atoms with Gasteiger partial charge in [0.25, 0.3) is 0 Å². The maximum absolute atomic E-state index is 12.3.